The zero-order chi connectivity index (χ0) is 16.4. The molecular weight excluding hydrogens is 310 g/mol. The molecule has 1 aromatic heterocycles. The van der Waals surface area contributed by atoms with Crippen LogP contribution >= 0.6 is 11.3 Å². The van der Waals surface area contributed by atoms with E-state index in [1.54, 1.807) is 18.1 Å². The van der Waals surface area contributed by atoms with Crippen LogP contribution in [0.1, 0.15) is 30.0 Å². The normalized spacial score (nSPS) is 21.3. The Balaban J connectivity index is 1.88. The Morgan fingerprint density at radius 1 is 1.35 bits per heavy atom. The van der Waals surface area contributed by atoms with Crippen LogP contribution in [0, 0.1) is 12.8 Å². The van der Waals surface area contributed by atoms with Crippen LogP contribution in [0.25, 0.3) is 0 Å². The summed E-state index contributed by atoms with van der Waals surface area (Å²) in [7, 11) is 1.77. The number of aryl methyl sites for hydroxylation is 1. The summed E-state index contributed by atoms with van der Waals surface area (Å²) in [5.74, 6) is -0.275. The number of anilines is 1. The molecule has 1 fully saturated rings. The molecule has 1 aliphatic heterocycles. The second kappa shape index (κ2) is 6.50. The molecule has 0 radical (unpaired) electrons. The molecule has 2 aromatic rings. The minimum absolute atomic E-state index is 0.0777. The average Bonchev–Trinajstić information content (AvgIpc) is 3.04. The maximum absolute atomic E-state index is 12.7. The van der Waals surface area contributed by atoms with Crippen molar-refractivity contribution >= 4 is 28.3 Å². The van der Waals surface area contributed by atoms with Crippen LogP contribution in [0.2, 0.25) is 0 Å². The molecule has 1 N–H and O–H groups in total. The van der Waals surface area contributed by atoms with Crippen LogP contribution in [-0.2, 0) is 9.59 Å². The molecule has 2 amide bonds. The maximum atomic E-state index is 12.7. The first kappa shape index (κ1) is 15.7. The number of carbonyl (C=O) groups excluding carboxylic acids is 2. The van der Waals surface area contributed by atoms with Crippen molar-refractivity contribution in [2.24, 2.45) is 5.92 Å². The van der Waals surface area contributed by atoms with Crippen molar-refractivity contribution in [3.8, 4) is 0 Å². The van der Waals surface area contributed by atoms with E-state index in [-0.39, 0.29) is 23.8 Å². The summed E-state index contributed by atoms with van der Waals surface area (Å²) in [6, 6.07) is 7.78. The molecule has 6 heteroatoms. The molecule has 1 aliphatic rings. The molecule has 0 aliphatic carbocycles. The Kier molecular flexibility index (Phi) is 4.43. The van der Waals surface area contributed by atoms with Gasteiger partial charge < -0.3 is 10.2 Å². The van der Waals surface area contributed by atoms with Gasteiger partial charge in [0.2, 0.25) is 11.8 Å². The first-order chi connectivity index (χ1) is 11.1. The molecule has 2 heterocycles. The fourth-order valence-electron chi connectivity index (χ4n) is 3.02. The zero-order valence-corrected chi connectivity index (χ0v) is 14.0. The van der Waals surface area contributed by atoms with E-state index >= 15 is 0 Å². The molecular formula is C17H19N3O2S. The van der Waals surface area contributed by atoms with Crippen molar-refractivity contribution in [3.63, 3.8) is 0 Å². The molecule has 120 valence electrons. The summed E-state index contributed by atoms with van der Waals surface area (Å²) >= 11 is 1.39. The van der Waals surface area contributed by atoms with Gasteiger partial charge in [-0.1, -0.05) is 29.8 Å². The van der Waals surface area contributed by atoms with Gasteiger partial charge in [-0.05, 0) is 18.9 Å². The van der Waals surface area contributed by atoms with Gasteiger partial charge in [-0.3, -0.25) is 9.59 Å². The molecule has 3 rings (SSSR count). The fourth-order valence-corrected chi connectivity index (χ4v) is 3.55. The van der Waals surface area contributed by atoms with E-state index in [4.69, 9.17) is 0 Å². The van der Waals surface area contributed by atoms with Gasteiger partial charge in [-0.25, -0.2) is 4.98 Å². The van der Waals surface area contributed by atoms with Crippen LogP contribution in [0.3, 0.4) is 0 Å². The third kappa shape index (κ3) is 3.27. The lowest BCUT2D eigenvalue weighted by molar-refractivity contribution is -0.140. The van der Waals surface area contributed by atoms with Crippen molar-refractivity contribution in [1.29, 1.82) is 0 Å². The van der Waals surface area contributed by atoms with E-state index < -0.39 is 0 Å². The molecule has 0 spiro atoms. The minimum atomic E-state index is -0.274. The van der Waals surface area contributed by atoms with Crippen molar-refractivity contribution in [2.45, 2.75) is 25.8 Å². The third-order valence-corrected chi connectivity index (χ3v) is 4.97. The number of benzene rings is 1. The Bertz CT molecular complexity index is 697. The molecule has 1 saturated heterocycles. The summed E-state index contributed by atoms with van der Waals surface area (Å²) in [6.45, 7) is 2.02. The van der Waals surface area contributed by atoms with Gasteiger partial charge in [0.25, 0.3) is 0 Å². The number of rotatable bonds is 3. The van der Waals surface area contributed by atoms with Crippen LogP contribution in [-0.4, -0.2) is 28.7 Å². The predicted octanol–water partition coefficient (Wildman–Crippen LogP) is 3.00. The number of nitrogens with one attached hydrogen (secondary N) is 1. The Labute approximate surface area is 139 Å². The number of piperidine rings is 1. The lowest BCUT2D eigenvalue weighted by atomic mass is 9.84. The van der Waals surface area contributed by atoms with E-state index in [9.17, 15) is 9.59 Å². The Hall–Kier alpha value is -2.21. The summed E-state index contributed by atoms with van der Waals surface area (Å²) in [6.07, 6.45) is 2.61. The van der Waals surface area contributed by atoms with E-state index in [1.807, 2.05) is 36.6 Å². The first-order valence-corrected chi connectivity index (χ1v) is 8.47. The van der Waals surface area contributed by atoms with Crippen molar-refractivity contribution in [3.05, 3.63) is 47.0 Å². The maximum Gasteiger partial charge on any atom is 0.231 e. The highest BCUT2D eigenvalue weighted by Gasteiger charge is 2.38. The van der Waals surface area contributed by atoms with Crippen LogP contribution in [0.5, 0.6) is 0 Å². The number of aromatic nitrogens is 1. The van der Waals surface area contributed by atoms with Gasteiger partial charge in [0.15, 0.2) is 5.13 Å². The molecule has 1 aromatic carbocycles. The molecule has 2 atom stereocenters. The Morgan fingerprint density at radius 2 is 2.09 bits per heavy atom. The topological polar surface area (TPSA) is 62.3 Å². The molecule has 5 nitrogen and oxygen atoms in total. The highest BCUT2D eigenvalue weighted by atomic mass is 32.1. The number of hydrogen-bond donors (Lipinski definition) is 1. The number of hydrogen-bond acceptors (Lipinski definition) is 4. The molecule has 0 bridgehead atoms. The number of nitrogens with zero attached hydrogens (tertiary/aromatic N) is 2. The SMILES string of the molecule is Cc1ccc([C@H]2[C@H](C(=O)Nc3nccs3)CCC(=O)N2C)cc1. The summed E-state index contributed by atoms with van der Waals surface area (Å²) in [5, 5.41) is 5.29. The lowest BCUT2D eigenvalue weighted by Gasteiger charge is -2.38. The van der Waals surface area contributed by atoms with E-state index in [0.29, 0.717) is 18.0 Å². The second-order valence-corrected chi connectivity index (χ2v) is 6.73. The fraction of sp³-hybridized carbons (Fsp3) is 0.353. The van der Waals surface area contributed by atoms with Crippen molar-refractivity contribution in [1.82, 2.24) is 9.88 Å². The highest BCUT2D eigenvalue weighted by Crippen LogP contribution is 2.36. The minimum Gasteiger partial charge on any atom is -0.338 e. The second-order valence-electron chi connectivity index (χ2n) is 5.83. The quantitative estimate of drug-likeness (QED) is 0.941. The summed E-state index contributed by atoms with van der Waals surface area (Å²) in [4.78, 5) is 30.6. The van der Waals surface area contributed by atoms with E-state index in [1.165, 1.54) is 11.3 Å². The van der Waals surface area contributed by atoms with E-state index in [2.05, 4.69) is 10.3 Å². The number of likely N-dealkylation sites (tertiary alicyclic amines) is 1. The smallest absolute Gasteiger partial charge is 0.231 e. The van der Waals surface area contributed by atoms with Crippen molar-refractivity contribution in [2.75, 3.05) is 12.4 Å². The molecule has 0 saturated carbocycles. The van der Waals surface area contributed by atoms with Crippen molar-refractivity contribution < 1.29 is 9.59 Å². The standard InChI is InChI=1S/C17H19N3O2S/c1-11-3-5-12(6-4-11)15-13(7-8-14(21)20(15)2)16(22)19-17-18-9-10-23-17/h3-6,9-10,13,15H,7-8H2,1-2H3,(H,18,19,22)/t13-,15+/m1/s1. The van der Waals surface area contributed by atoms with Crippen LogP contribution < -0.4 is 5.32 Å². The largest absolute Gasteiger partial charge is 0.338 e. The first-order valence-electron chi connectivity index (χ1n) is 7.59. The monoisotopic (exact) mass is 329 g/mol. The highest BCUT2D eigenvalue weighted by molar-refractivity contribution is 7.13. The van der Waals surface area contributed by atoms with Gasteiger partial charge in [-0.15, -0.1) is 11.3 Å². The zero-order valence-electron chi connectivity index (χ0n) is 13.2. The van der Waals surface area contributed by atoms with Gasteiger partial charge in [0.1, 0.15) is 0 Å². The average molecular weight is 329 g/mol. The third-order valence-electron chi connectivity index (χ3n) is 4.28. The summed E-state index contributed by atoms with van der Waals surface area (Å²) in [5.41, 5.74) is 2.15. The number of amides is 2. The van der Waals surface area contributed by atoms with Gasteiger partial charge in [-0.2, -0.15) is 0 Å². The van der Waals surface area contributed by atoms with Gasteiger partial charge in [0, 0.05) is 25.0 Å². The summed E-state index contributed by atoms with van der Waals surface area (Å²) < 4.78 is 0. The van der Waals surface area contributed by atoms with Crippen LogP contribution in [0.4, 0.5) is 5.13 Å². The molecule has 0 unspecified atom stereocenters. The predicted molar refractivity (Wildman–Crippen MR) is 90.2 cm³/mol. The van der Waals surface area contributed by atoms with E-state index in [0.717, 1.165) is 11.1 Å². The van der Waals surface area contributed by atoms with Gasteiger partial charge >= 0.3 is 0 Å². The van der Waals surface area contributed by atoms with Gasteiger partial charge in [0.05, 0.1) is 12.0 Å². The number of carbonyl (C=O) groups is 2. The number of thiazole rings is 1. The van der Waals surface area contributed by atoms with Crippen LogP contribution in [0.15, 0.2) is 35.8 Å². The lowest BCUT2D eigenvalue weighted by Crippen LogP contribution is -2.44. The Morgan fingerprint density at radius 3 is 2.74 bits per heavy atom. The molecule has 23 heavy (non-hydrogen) atoms.